The lowest BCUT2D eigenvalue weighted by atomic mass is 10.0. The van der Waals surface area contributed by atoms with Gasteiger partial charge >= 0.3 is 0 Å². The third-order valence-corrected chi connectivity index (χ3v) is 9.25. The van der Waals surface area contributed by atoms with Crippen LogP contribution in [-0.2, 0) is 15.9 Å². The van der Waals surface area contributed by atoms with Crippen molar-refractivity contribution in [3.8, 4) is 0 Å². The number of benzene rings is 3. The van der Waals surface area contributed by atoms with E-state index in [-0.39, 0.29) is 23.8 Å². The van der Waals surface area contributed by atoms with Gasteiger partial charge in [0.25, 0.3) is 0 Å². The van der Waals surface area contributed by atoms with Crippen LogP contribution in [0.3, 0.4) is 0 Å². The predicted molar refractivity (Wildman–Crippen MR) is 139 cm³/mol. The molecule has 0 aliphatic heterocycles. The van der Waals surface area contributed by atoms with Gasteiger partial charge in [0.05, 0.1) is 6.54 Å². The van der Waals surface area contributed by atoms with Gasteiger partial charge in [-0.05, 0) is 61.2 Å². The van der Waals surface area contributed by atoms with E-state index in [1.807, 2.05) is 110 Å². The fraction of sp³-hybridized carbons (Fsp3) is 0.207. The largest absolute Gasteiger partial charge is 0.465 e. The molecule has 0 saturated heterocycles. The highest BCUT2D eigenvalue weighted by Gasteiger charge is 2.50. The molecule has 35 heavy (non-hydrogen) atoms. The van der Waals surface area contributed by atoms with Gasteiger partial charge in [-0.1, -0.05) is 66.7 Å². The summed E-state index contributed by atoms with van der Waals surface area (Å²) >= 11 is 0. The van der Waals surface area contributed by atoms with Gasteiger partial charge in [0.2, 0.25) is 13.2 Å². The number of rotatable bonds is 9. The molecule has 1 fully saturated rings. The summed E-state index contributed by atoms with van der Waals surface area (Å²) < 4.78 is 20.3. The molecule has 1 amide bonds. The Labute approximate surface area is 206 Å². The monoisotopic (exact) mass is 484 g/mol. The van der Waals surface area contributed by atoms with Crippen LogP contribution in [0.1, 0.15) is 29.5 Å². The summed E-state index contributed by atoms with van der Waals surface area (Å²) in [6.07, 6.45) is 0.735. The second-order valence-electron chi connectivity index (χ2n) is 9.03. The molecule has 1 aliphatic rings. The van der Waals surface area contributed by atoms with Gasteiger partial charge in [-0.25, -0.2) is 0 Å². The van der Waals surface area contributed by atoms with Crippen molar-refractivity contribution in [2.24, 2.45) is 11.8 Å². The van der Waals surface area contributed by atoms with Crippen molar-refractivity contribution < 1.29 is 13.8 Å². The van der Waals surface area contributed by atoms with E-state index in [1.54, 1.807) is 0 Å². The smallest absolute Gasteiger partial charge is 0.223 e. The van der Waals surface area contributed by atoms with Crippen LogP contribution < -0.4 is 21.0 Å². The summed E-state index contributed by atoms with van der Waals surface area (Å²) in [5.74, 6) is 1.45. The first kappa shape index (κ1) is 23.3. The van der Waals surface area contributed by atoms with Crippen molar-refractivity contribution in [3.05, 3.63) is 120 Å². The molecule has 0 spiro atoms. The fourth-order valence-electron chi connectivity index (χ4n) is 4.62. The van der Waals surface area contributed by atoms with Gasteiger partial charge in [0, 0.05) is 22.6 Å². The summed E-state index contributed by atoms with van der Waals surface area (Å²) in [4.78, 5) is 13.0. The molecule has 0 bridgehead atoms. The second kappa shape index (κ2) is 10.1. The molecule has 1 saturated carbocycles. The molecule has 5 nitrogen and oxygen atoms in total. The molecular weight excluding hydrogens is 455 g/mol. The molecule has 4 aromatic rings. The maximum Gasteiger partial charge on any atom is 0.223 e. The third kappa shape index (κ3) is 5.17. The number of carbonyl (C=O) groups excluding carboxylic acids is 1. The van der Waals surface area contributed by atoms with Gasteiger partial charge < -0.3 is 9.73 Å². The molecule has 178 valence electrons. The number of furan rings is 1. The first-order valence-corrected chi connectivity index (χ1v) is 13.6. The van der Waals surface area contributed by atoms with Gasteiger partial charge in [-0.2, -0.15) is 0 Å². The molecule has 2 N–H and O–H groups in total. The maximum absolute atomic E-state index is 14.7. The summed E-state index contributed by atoms with van der Waals surface area (Å²) in [5.41, 5.74) is 1.03. The van der Waals surface area contributed by atoms with E-state index in [0.717, 1.165) is 34.1 Å². The van der Waals surface area contributed by atoms with Crippen LogP contribution in [0.2, 0.25) is 0 Å². The predicted octanol–water partition coefficient (Wildman–Crippen LogP) is 5.10. The summed E-state index contributed by atoms with van der Waals surface area (Å²) in [5, 5.41) is 8.07. The van der Waals surface area contributed by atoms with E-state index in [2.05, 4.69) is 10.4 Å². The Morgan fingerprint density at radius 2 is 1.46 bits per heavy atom. The number of carbonyl (C=O) groups is 1. The van der Waals surface area contributed by atoms with E-state index in [9.17, 15) is 9.36 Å². The van der Waals surface area contributed by atoms with Crippen molar-refractivity contribution in [3.63, 3.8) is 0 Å². The Morgan fingerprint density at radius 3 is 2.00 bits per heavy atom. The van der Waals surface area contributed by atoms with Crippen molar-refractivity contribution in [1.82, 2.24) is 10.4 Å². The van der Waals surface area contributed by atoms with Crippen molar-refractivity contribution >= 4 is 23.8 Å². The van der Waals surface area contributed by atoms with Gasteiger partial charge in [-0.3, -0.25) is 14.4 Å². The zero-order valence-electron chi connectivity index (χ0n) is 19.6. The van der Waals surface area contributed by atoms with Crippen LogP contribution in [0.5, 0.6) is 0 Å². The SMILES string of the molecule is Cc1ccc(CNC(=O)[C@@H]2C[C@@H]2[C@@H](NP(=O)(c2ccccc2)c2ccccc2)c2ccccc2)o1. The first-order chi connectivity index (χ1) is 17.0. The third-order valence-electron chi connectivity index (χ3n) is 6.56. The Morgan fingerprint density at radius 1 is 0.886 bits per heavy atom. The first-order valence-electron chi connectivity index (χ1n) is 11.9. The highest BCUT2D eigenvalue weighted by molar-refractivity contribution is 7.76. The average Bonchev–Trinajstić information content (AvgIpc) is 3.60. The van der Waals surface area contributed by atoms with Crippen molar-refractivity contribution in [2.45, 2.75) is 25.9 Å². The van der Waals surface area contributed by atoms with Gasteiger partial charge in [0.1, 0.15) is 11.5 Å². The minimum Gasteiger partial charge on any atom is -0.465 e. The average molecular weight is 485 g/mol. The Hall–Kier alpha value is -3.40. The van der Waals surface area contributed by atoms with E-state index in [4.69, 9.17) is 4.42 Å². The Balaban J connectivity index is 1.41. The zero-order valence-corrected chi connectivity index (χ0v) is 20.5. The van der Waals surface area contributed by atoms with Crippen LogP contribution in [0.25, 0.3) is 0 Å². The number of amides is 1. The zero-order chi connectivity index (χ0) is 24.3. The van der Waals surface area contributed by atoms with Crippen LogP contribution >= 0.6 is 7.29 Å². The van der Waals surface area contributed by atoms with E-state index < -0.39 is 7.29 Å². The minimum absolute atomic E-state index is 0.000962. The molecule has 1 aromatic heterocycles. The lowest BCUT2D eigenvalue weighted by Crippen LogP contribution is -2.33. The maximum atomic E-state index is 14.7. The lowest BCUT2D eigenvalue weighted by Gasteiger charge is -2.28. The normalized spacial score (nSPS) is 18.1. The van der Waals surface area contributed by atoms with Crippen LogP contribution in [0.15, 0.2) is 108 Å². The second-order valence-corrected chi connectivity index (χ2v) is 11.5. The quantitative estimate of drug-likeness (QED) is 0.324. The molecule has 5 rings (SSSR count). The standard InChI is InChI=1S/C29H29N2O3P/c1-21-17-18-23(34-21)20-30-29(32)27-19-26(27)28(22-11-5-2-6-12-22)31-35(33,24-13-7-3-8-14-24)25-15-9-4-10-16-25/h2-18,26-28H,19-20H2,1H3,(H,30,32)(H,31,33)/t26-,27+,28-/m0/s1. The highest BCUT2D eigenvalue weighted by atomic mass is 31.2. The molecule has 1 heterocycles. The molecule has 0 radical (unpaired) electrons. The van der Waals surface area contributed by atoms with E-state index >= 15 is 0 Å². The lowest BCUT2D eigenvalue weighted by molar-refractivity contribution is -0.122. The Bertz CT molecular complexity index is 1280. The minimum atomic E-state index is -3.17. The van der Waals surface area contributed by atoms with Gasteiger partial charge in [0.15, 0.2) is 0 Å². The fourth-order valence-corrected chi connectivity index (χ4v) is 7.13. The number of hydrogen-bond donors (Lipinski definition) is 2. The van der Waals surface area contributed by atoms with Crippen molar-refractivity contribution in [1.29, 1.82) is 0 Å². The van der Waals surface area contributed by atoms with E-state index in [1.165, 1.54) is 0 Å². The van der Waals surface area contributed by atoms with Crippen LogP contribution in [0.4, 0.5) is 0 Å². The summed E-state index contributed by atoms with van der Waals surface area (Å²) in [7, 11) is -3.17. The molecular formula is C29H29N2O3P. The molecule has 3 aromatic carbocycles. The number of hydrogen-bond acceptors (Lipinski definition) is 3. The van der Waals surface area contributed by atoms with E-state index in [0.29, 0.717) is 6.54 Å². The van der Waals surface area contributed by atoms with Crippen LogP contribution in [-0.4, -0.2) is 5.91 Å². The summed E-state index contributed by atoms with van der Waals surface area (Å²) in [6.45, 7) is 2.25. The summed E-state index contributed by atoms with van der Waals surface area (Å²) in [6, 6.07) is 32.7. The number of nitrogens with one attached hydrogen (secondary N) is 2. The Kier molecular flexibility index (Phi) is 6.72. The molecule has 1 aliphatic carbocycles. The van der Waals surface area contributed by atoms with Gasteiger partial charge in [-0.15, -0.1) is 0 Å². The van der Waals surface area contributed by atoms with Crippen LogP contribution in [0, 0.1) is 18.8 Å². The molecule has 6 heteroatoms. The molecule has 3 atom stereocenters. The highest BCUT2D eigenvalue weighted by Crippen LogP contribution is 2.52. The molecule has 0 unspecified atom stereocenters. The topological polar surface area (TPSA) is 71.3 Å². The number of aryl methyl sites for hydroxylation is 1. The van der Waals surface area contributed by atoms with Crippen molar-refractivity contribution in [2.75, 3.05) is 0 Å².